The van der Waals surface area contributed by atoms with E-state index in [0.717, 1.165) is 69.5 Å². The summed E-state index contributed by atoms with van der Waals surface area (Å²) in [6, 6.07) is 33.5. The number of rotatable bonds is 23. The molecule has 4 aromatic carbocycles. The number of piperidine rings is 3. The fourth-order valence-corrected chi connectivity index (χ4v) is 16.3. The summed E-state index contributed by atoms with van der Waals surface area (Å²) in [5, 5.41) is 13.8. The zero-order valence-electron chi connectivity index (χ0n) is 40.7. The van der Waals surface area contributed by atoms with Gasteiger partial charge < -0.3 is 40.9 Å². The molecule has 3 fully saturated rings. The number of aromatic nitrogens is 3. The first-order valence-corrected chi connectivity index (χ1v) is 28.3. The van der Waals surface area contributed by atoms with E-state index in [9.17, 15) is 5.11 Å². The van der Waals surface area contributed by atoms with E-state index < -0.39 is 23.7 Å². The van der Waals surface area contributed by atoms with Gasteiger partial charge in [0.2, 0.25) is 5.88 Å². The summed E-state index contributed by atoms with van der Waals surface area (Å²) >= 11 is 7.28. The summed E-state index contributed by atoms with van der Waals surface area (Å²) in [5.74, 6) is 1.56. The largest absolute Gasteiger partial charge is 0.537 e. The molecule has 6 aromatic rings. The van der Waals surface area contributed by atoms with E-state index in [4.69, 9.17) is 57.8 Å². The second-order valence-corrected chi connectivity index (χ2v) is 23.0. The highest BCUT2D eigenvalue weighted by molar-refractivity contribution is 6.78. The summed E-state index contributed by atoms with van der Waals surface area (Å²) in [6.07, 6.45) is 5.18. The molecule has 0 aliphatic carbocycles. The Kier molecular flexibility index (Phi) is 16.5. The van der Waals surface area contributed by atoms with Crippen molar-refractivity contribution >= 4 is 50.5 Å². The van der Waals surface area contributed by atoms with E-state index in [1.165, 1.54) is 0 Å². The molecular weight excluding hydrogens is 924 g/mol. The molecule has 69 heavy (non-hydrogen) atoms. The SMILES string of the molecule is C=C[C@H]1C[N@+]2(Cc3cc([Si](OCC)(OCC)OCC)cc([Si](OCC)(OCC)OCC)c3)CC[C@H]1C[C@@H]2C(Oc1nc(-c2ccccc2)nc(Cl)c1-c1ccccc1)c1ccnc2ccc(O)cc12. The zero-order chi connectivity index (χ0) is 48.6. The van der Waals surface area contributed by atoms with Gasteiger partial charge in [0.25, 0.3) is 0 Å². The van der Waals surface area contributed by atoms with Crippen LogP contribution in [0.4, 0.5) is 0 Å². The molecule has 0 spiro atoms. The number of hydrogen-bond donors (Lipinski definition) is 1. The van der Waals surface area contributed by atoms with Crippen molar-refractivity contribution in [3.63, 3.8) is 0 Å². The molecule has 3 aliphatic rings. The fraction of sp³-hybridized carbons (Fsp3) is 0.389. The zero-order valence-corrected chi connectivity index (χ0v) is 43.5. The maximum absolute atomic E-state index is 11.1. The Balaban J connectivity index is 1.37. The number of halogens is 1. The van der Waals surface area contributed by atoms with Gasteiger partial charge in [-0.05, 0) is 95.5 Å². The lowest BCUT2D eigenvalue weighted by atomic mass is 9.71. The van der Waals surface area contributed by atoms with Crippen LogP contribution in [0, 0.1) is 11.8 Å². The molecule has 0 radical (unpaired) electrons. The van der Waals surface area contributed by atoms with Gasteiger partial charge in [-0.1, -0.05) is 78.3 Å². The lowest BCUT2D eigenvalue weighted by Crippen LogP contribution is -2.68. The molecule has 1 unspecified atom stereocenters. The van der Waals surface area contributed by atoms with Crippen LogP contribution < -0.4 is 15.1 Å². The molecule has 364 valence electrons. The van der Waals surface area contributed by atoms with Gasteiger partial charge in [-0.25, -0.2) is 4.98 Å². The number of hydrogen-bond acceptors (Lipinski definition) is 11. The molecule has 1 N–H and O–H groups in total. The van der Waals surface area contributed by atoms with E-state index in [0.29, 0.717) is 73.9 Å². The van der Waals surface area contributed by atoms with Crippen LogP contribution in [0.25, 0.3) is 33.4 Å². The highest BCUT2D eigenvalue weighted by Crippen LogP contribution is 2.50. The highest BCUT2D eigenvalue weighted by atomic mass is 35.5. The van der Waals surface area contributed by atoms with Crippen molar-refractivity contribution in [3.8, 4) is 34.1 Å². The van der Waals surface area contributed by atoms with Gasteiger partial charge >= 0.3 is 17.6 Å². The van der Waals surface area contributed by atoms with Gasteiger partial charge in [-0.15, -0.1) is 6.58 Å². The molecule has 3 saturated heterocycles. The van der Waals surface area contributed by atoms with Crippen molar-refractivity contribution in [2.75, 3.05) is 52.7 Å². The second-order valence-electron chi connectivity index (χ2n) is 17.6. The maximum Gasteiger partial charge on any atom is 0.537 e. The number of aromatic hydroxyl groups is 1. The van der Waals surface area contributed by atoms with Crippen molar-refractivity contribution in [3.05, 3.63) is 138 Å². The molecule has 15 heteroatoms. The molecule has 2 aromatic heterocycles. The Morgan fingerprint density at radius 1 is 0.739 bits per heavy atom. The smallest absolute Gasteiger partial charge is 0.508 e. The number of phenols is 1. The molecule has 3 aliphatic heterocycles. The van der Waals surface area contributed by atoms with E-state index in [1.807, 2.05) is 121 Å². The van der Waals surface area contributed by atoms with Crippen molar-refractivity contribution in [2.45, 2.75) is 73.1 Å². The minimum atomic E-state index is -3.50. The minimum Gasteiger partial charge on any atom is -0.508 e. The molecule has 9 rings (SSSR count). The third-order valence-electron chi connectivity index (χ3n) is 13.5. The van der Waals surface area contributed by atoms with Crippen LogP contribution in [0.15, 0.2) is 122 Å². The second kappa shape index (κ2) is 22.5. The predicted molar refractivity (Wildman–Crippen MR) is 276 cm³/mol. The highest BCUT2D eigenvalue weighted by Gasteiger charge is 2.56. The van der Waals surface area contributed by atoms with Crippen molar-refractivity contribution in [1.29, 1.82) is 0 Å². The van der Waals surface area contributed by atoms with E-state index in [2.05, 4.69) is 30.9 Å². The molecule has 12 nitrogen and oxygen atoms in total. The Hall–Kier alpha value is -4.85. The van der Waals surface area contributed by atoms with Crippen LogP contribution >= 0.6 is 11.6 Å². The van der Waals surface area contributed by atoms with Crippen LogP contribution in [0.1, 0.15) is 71.6 Å². The lowest BCUT2D eigenvalue weighted by Gasteiger charge is -2.58. The molecule has 2 bridgehead atoms. The van der Waals surface area contributed by atoms with E-state index in [-0.39, 0.29) is 22.9 Å². The normalized spacial score (nSPS) is 19.7. The number of pyridine rings is 1. The van der Waals surface area contributed by atoms with Gasteiger partial charge in [-0.2, -0.15) is 4.98 Å². The summed E-state index contributed by atoms with van der Waals surface area (Å²) in [4.78, 5) is 14.9. The van der Waals surface area contributed by atoms with Crippen LogP contribution in [0.5, 0.6) is 11.6 Å². The number of ether oxygens (including phenoxy) is 1. The van der Waals surface area contributed by atoms with Gasteiger partial charge in [0.05, 0.1) is 24.2 Å². The first kappa shape index (κ1) is 50.5. The summed E-state index contributed by atoms with van der Waals surface area (Å²) in [7, 11) is -7.00. The number of nitrogens with zero attached hydrogens (tertiary/aromatic N) is 4. The van der Waals surface area contributed by atoms with Gasteiger partial charge in [0.15, 0.2) is 11.9 Å². The number of benzene rings is 4. The quantitative estimate of drug-likeness (QED) is 0.0286. The molecular formula is C54H66ClN4O8Si2+. The van der Waals surface area contributed by atoms with Gasteiger partial charge in [0.1, 0.15) is 23.5 Å². The monoisotopic (exact) mass is 989 g/mol. The number of phenolic OH excluding ortho intramolecular Hbond substituents is 1. The number of fused-ring (bicyclic) bond motifs is 4. The first-order chi connectivity index (χ1) is 33.6. The van der Waals surface area contributed by atoms with Gasteiger partial charge in [0, 0.05) is 97.0 Å². The molecule has 0 amide bonds. The summed E-state index contributed by atoms with van der Waals surface area (Å²) in [6.45, 7) is 20.9. The van der Waals surface area contributed by atoms with E-state index in [1.54, 1.807) is 12.1 Å². The van der Waals surface area contributed by atoms with Crippen LogP contribution in [-0.2, 0) is 33.1 Å². The molecule has 5 heterocycles. The standard InChI is InChI=1S/C54H65ClN4O8Si2/c1-8-39-37-59(36-38-31-44(68(61-9-2,62-10-3)63-11-4)35-45(32-38)69(64-12-5,65-13-6)66-14-7)30-28-42(39)33-49(59)51(46-27-29-56-48-26-25-43(60)34-47(46)48)67-54-50(40-21-17-15-18-22-40)52(55)57-53(58-54)41-23-19-16-20-24-41/h8,15-27,29,31-32,34-35,39,42,49,51H,1,9-14,28,30,33,36-37H2,2-7H3/p+1/t39-,42-,49+,51?,59+/m0/s1. The van der Waals surface area contributed by atoms with Crippen molar-refractivity contribution in [1.82, 2.24) is 15.0 Å². The lowest BCUT2D eigenvalue weighted by molar-refractivity contribution is -0.984. The minimum absolute atomic E-state index is 0.137. The Labute approximate surface area is 414 Å². The van der Waals surface area contributed by atoms with Crippen LogP contribution in [-0.4, -0.2) is 101 Å². The van der Waals surface area contributed by atoms with Crippen LogP contribution in [0.2, 0.25) is 5.15 Å². The molecule has 5 atom stereocenters. The van der Waals surface area contributed by atoms with E-state index >= 15 is 0 Å². The average Bonchev–Trinajstić information content (AvgIpc) is 3.36. The predicted octanol–water partition coefficient (Wildman–Crippen LogP) is 9.96. The Morgan fingerprint density at radius 3 is 1.88 bits per heavy atom. The topological polar surface area (TPSA) is 124 Å². The fourth-order valence-electron chi connectivity index (χ4n) is 10.7. The summed E-state index contributed by atoms with van der Waals surface area (Å²) in [5.41, 5.74) is 4.90. The maximum atomic E-state index is 11.1. The van der Waals surface area contributed by atoms with Crippen molar-refractivity contribution < 1.29 is 40.9 Å². The molecule has 0 saturated carbocycles. The average molecular weight is 991 g/mol. The van der Waals surface area contributed by atoms with Crippen LogP contribution in [0.3, 0.4) is 0 Å². The third-order valence-corrected chi connectivity index (χ3v) is 19.7. The first-order valence-electron chi connectivity index (χ1n) is 24.5. The Bertz CT molecular complexity index is 2610. The van der Waals surface area contributed by atoms with Gasteiger partial charge in [-0.3, -0.25) is 4.98 Å². The summed E-state index contributed by atoms with van der Waals surface area (Å²) < 4.78 is 48.0. The van der Waals surface area contributed by atoms with Crippen molar-refractivity contribution in [2.24, 2.45) is 11.8 Å². The Morgan fingerprint density at radius 2 is 1.32 bits per heavy atom. The third kappa shape index (κ3) is 10.5. The number of quaternary nitrogens is 1.